The summed E-state index contributed by atoms with van der Waals surface area (Å²) in [6, 6.07) is 13.3. The molecule has 1 saturated carbocycles. The van der Waals surface area contributed by atoms with Crippen LogP contribution >= 0.6 is 11.6 Å². The minimum Gasteiger partial charge on any atom is -0.385 e. The van der Waals surface area contributed by atoms with Gasteiger partial charge in [-0.2, -0.15) is 15.5 Å². The largest absolute Gasteiger partial charge is 0.385 e. The third kappa shape index (κ3) is 4.22. The van der Waals surface area contributed by atoms with Crippen LogP contribution in [-0.4, -0.2) is 29.5 Å². The van der Waals surface area contributed by atoms with Crippen LogP contribution in [0.1, 0.15) is 36.2 Å². The fourth-order valence-electron chi connectivity index (χ4n) is 4.05. The van der Waals surface area contributed by atoms with E-state index in [1.165, 1.54) is 12.8 Å². The average Bonchev–Trinajstić information content (AvgIpc) is 3.55. The van der Waals surface area contributed by atoms with Gasteiger partial charge in [-0.05, 0) is 44.4 Å². The first kappa shape index (κ1) is 22.0. The molecule has 0 amide bonds. The number of benzene rings is 1. The van der Waals surface area contributed by atoms with Gasteiger partial charge in [0.05, 0.1) is 28.0 Å². The first-order chi connectivity index (χ1) is 16.4. The van der Waals surface area contributed by atoms with Gasteiger partial charge in [0.2, 0.25) is 0 Å². The first-order valence-corrected chi connectivity index (χ1v) is 11.6. The molecule has 1 aliphatic rings. The lowest BCUT2D eigenvalue weighted by Gasteiger charge is -2.03. The van der Waals surface area contributed by atoms with Crippen LogP contribution in [0, 0.1) is 31.1 Å². The molecule has 1 fully saturated rings. The molecule has 3 N–H and O–H groups in total. The second-order valence-corrected chi connectivity index (χ2v) is 9.06. The molecule has 3 aromatic heterocycles. The van der Waals surface area contributed by atoms with Gasteiger partial charge in [0.1, 0.15) is 17.2 Å². The van der Waals surface area contributed by atoms with Crippen molar-refractivity contribution in [3.63, 3.8) is 0 Å². The number of halogens is 1. The lowest BCUT2D eigenvalue weighted by Crippen LogP contribution is -2.03. The number of aromatic amines is 1. The van der Waals surface area contributed by atoms with Gasteiger partial charge < -0.3 is 10.7 Å². The molecule has 172 valence electrons. The molecule has 1 aromatic carbocycles. The molecule has 8 nitrogen and oxygen atoms in total. The van der Waals surface area contributed by atoms with Crippen molar-refractivity contribution >= 4 is 28.5 Å². The van der Waals surface area contributed by atoms with Crippen molar-refractivity contribution in [3.8, 4) is 23.1 Å². The van der Waals surface area contributed by atoms with Crippen LogP contribution in [0.4, 0.5) is 5.82 Å². The van der Waals surface area contributed by atoms with Crippen molar-refractivity contribution in [2.75, 3.05) is 5.73 Å². The molecule has 0 saturated heterocycles. The van der Waals surface area contributed by atoms with Gasteiger partial charge in [-0.15, -0.1) is 0 Å². The van der Waals surface area contributed by atoms with Crippen LogP contribution in [0.3, 0.4) is 0 Å². The summed E-state index contributed by atoms with van der Waals surface area (Å²) in [6.07, 6.45) is 5.37. The van der Waals surface area contributed by atoms with Gasteiger partial charge >= 0.3 is 0 Å². The highest BCUT2D eigenvalue weighted by atomic mass is 35.5. The number of nitrogen functional groups attached to an aromatic ring is 1. The first-order valence-electron chi connectivity index (χ1n) is 11.3. The van der Waals surface area contributed by atoms with Gasteiger partial charge in [0.25, 0.3) is 0 Å². The number of nitriles is 1. The van der Waals surface area contributed by atoms with Gasteiger partial charge in [0, 0.05) is 29.8 Å². The number of nitrogens with one attached hydrogen (secondary N) is 1. The Bertz CT molecular complexity index is 1460. The minimum absolute atomic E-state index is 0.423. The number of anilines is 1. The summed E-state index contributed by atoms with van der Waals surface area (Å²) in [6.45, 7) is 4.54. The van der Waals surface area contributed by atoms with E-state index >= 15 is 0 Å². The normalized spacial score (nSPS) is 13.1. The monoisotopic (exact) mass is 472 g/mol. The van der Waals surface area contributed by atoms with Crippen molar-refractivity contribution in [3.05, 3.63) is 64.6 Å². The molecule has 1 aliphatic carbocycles. The van der Waals surface area contributed by atoms with Gasteiger partial charge in [0.15, 0.2) is 5.82 Å². The maximum Gasteiger partial charge on any atom is 0.157 e. The summed E-state index contributed by atoms with van der Waals surface area (Å²) >= 11 is 6.36. The van der Waals surface area contributed by atoms with Crippen LogP contribution in [0.5, 0.6) is 0 Å². The Balaban J connectivity index is 1.70. The van der Waals surface area contributed by atoms with Crippen molar-refractivity contribution in [2.24, 2.45) is 5.92 Å². The number of hydrogen-bond acceptors (Lipinski definition) is 5. The van der Waals surface area contributed by atoms with E-state index in [9.17, 15) is 0 Å². The Labute approximate surface area is 202 Å². The standard InChI is InChI=1S/C25H25ClN8/c1-15-23(26)16(2)34(31-15)22-13-21(28)30-25-20(9-11-29-22)24(19-7-5-18(14-27)6-8-19)32-33(25)12-10-17-3-4-17/h5-9,11,13,17,30H,3-4,10,12,28H2,1-2H3. The van der Waals surface area contributed by atoms with E-state index in [4.69, 9.17) is 27.7 Å². The second kappa shape index (κ2) is 8.84. The van der Waals surface area contributed by atoms with Crippen LogP contribution in [-0.2, 0) is 6.54 Å². The van der Waals surface area contributed by atoms with Crippen molar-refractivity contribution < 1.29 is 0 Å². The van der Waals surface area contributed by atoms with Crippen molar-refractivity contribution in [1.29, 1.82) is 5.26 Å². The summed E-state index contributed by atoms with van der Waals surface area (Å²) in [7, 11) is 0. The van der Waals surface area contributed by atoms with Crippen LogP contribution in [0.25, 0.3) is 28.1 Å². The summed E-state index contributed by atoms with van der Waals surface area (Å²) < 4.78 is 3.67. The predicted molar refractivity (Wildman–Crippen MR) is 133 cm³/mol. The number of hydrogen-bond donors (Lipinski definition) is 2. The van der Waals surface area contributed by atoms with Crippen molar-refractivity contribution in [2.45, 2.75) is 39.7 Å². The number of fused-ring (bicyclic) bond motifs is 1. The van der Waals surface area contributed by atoms with E-state index < -0.39 is 0 Å². The zero-order valence-corrected chi connectivity index (χ0v) is 19.8. The van der Waals surface area contributed by atoms with E-state index in [2.05, 4.69) is 21.1 Å². The SMILES string of the molecule is Cc1nn(-c2cc(N)[nH]c3c(ccn2)c(-c2ccc(C#N)cc2)nn3CCC2CC2)c(C)c1Cl. The third-order valence-electron chi connectivity index (χ3n) is 6.14. The van der Waals surface area contributed by atoms with Crippen LogP contribution in [0.15, 0.2) is 42.6 Å². The smallest absolute Gasteiger partial charge is 0.157 e. The Morgan fingerprint density at radius 1 is 1.18 bits per heavy atom. The molecule has 5 rings (SSSR count). The van der Waals surface area contributed by atoms with E-state index in [1.54, 1.807) is 29.1 Å². The zero-order chi connectivity index (χ0) is 23.8. The molecule has 0 atom stereocenters. The van der Waals surface area contributed by atoms with E-state index in [0.717, 1.165) is 52.6 Å². The molecule has 0 unspecified atom stereocenters. The van der Waals surface area contributed by atoms with Crippen LogP contribution in [0.2, 0.25) is 5.02 Å². The molecule has 34 heavy (non-hydrogen) atoms. The highest BCUT2D eigenvalue weighted by Gasteiger charge is 2.22. The predicted octanol–water partition coefficient (Wildman–Crippen LogP) is 5.26. The number of nitrogens with two attached hydrogens (primary N) is 1. The quantitative estimate of drug-likeness (QED) is 0.411. The van der Waals surface area contributed by atoms with Crippen LogP contribution < -0.4 is 5.73 Å². The van der Waals surface area contributed by atoms with Gasteiger partial charge in [-0.1, -0.05) is 36.6 Å². The minimum atomic E-state index is 0.423. The maximum atomic E-state index is 9.17. The molecule has 0 spiro atoms. The number of H-pyrrole nitrogens is 1. The molecule has 0 bridgehead atoms. The Kier molecular flexibility index (Phi) is 5.72. The summed E-state index contributed by atoms with van der Waals surface area (Å²) in [4.78, 5) is 7.98. The molecular formula is C25H25ClN8. The molecule has 0 aliphatic heterocycles. The zero-order valence-electron chi connectivity index (χ0n) is 19.1. The maximum absolute atomic E-state index is 9.17. The molecule has 0 radical (unpaired) electrons. The fourth-order valence-corrected chi connectivity index (χ4v) is 4.17. The van der Waals surface area contributed by atoms with E-state index in [1.807, 2.05) is 36.7 Å². The summed E-state index contributed by atoms with van der Waals surface area (Å²) in [5.74, 6) is 1.74. The Morgan fingerprint density at radius 2 is 1.94 bits per heavy atom. The highest BCUT2D eigenvalue weighted by Crippen LogP contribution is 2.34. The van der Waals surface area contributed by atoms with Gasteiger partial charge in [-0.3, -0.25) is 0 Å². The lowest BCUT2D eigenvalue weighted by atomic mass is 10.1. The van der Waals surface area contributed by atoms with E-state index in [0.29, 0.717) is 22.2 Å². The van der Waals surface area contributed by atoms with E-state index in [-0.39, 0.29) is 0 Å². The number of aromatic nitrogens is 6. The average molecular weight is 473 g/mol. The topological polar surface area (TPSA) is 114 Å². The lowest BCUT2D eigenvalue weighted by molar-refractivity contribution is 0.559. The molecule has 9 heteroatoms. The molecular weight excluding hydrogens is 448 g/mol. The Hall–Kier alpha value is -3.83. The third-order valence-corrected chi connectivity index (χ3v) is 6.68. The number of nitrogens with zero attached hydrogens (tertiary/aromatic N) is 6. The fraction of sp³-hybridized carbons (Fsp3) is 0.280. The highest BCUT2D eigenvalue weighted by molar-refractivity contribution is 6.31. The molecule has 4 aromatic rings. The summed E-state index contributed by atoms with van der Waals surface area (Å²) in [5.41, 5.74) is 11.1. The van der Waals surface area contributed by atoms with Gasteiger partial charge in [-0.25, -0.2) is 14.3 Å². The number of rotatable bonds is 5. The Morgan fingerprint density at radius 3 is 2.59 bits per heavy atom. The molecule has 3 heterocycles. The summed E-state index contributed by atoms with van der Waals surface area (Å²) in [5, 5.41) is 20.1. The second-order valence-electron chi connectivity index (χ2n) is 8.68. The van der Waals surface area contributed by atoms with Crippen molar-refractivity contribution in [1.82, 2.24) is 29.5 Å². The number of aryl methyl sites for hydroxylation is 2.